The van der Waals surface area contributed by atoms with Crippen LogP contribution in [-0.4, -0.2) is 26.9 Å². The first-order valence-corrected chi connectivity index (χ1v) is 12.3. The number of aromatic hydroxyl groups is 1. The van der Waals surface area contributed by atoms with Crippen molar-refractivity contribution in [2.24, 2.45) is 23.2 Å². The molecule has 1 aromatic rings. The van der Waals surface area contributed by atoms with Crippen LogP contribution in [0.4, 0.5) is 4.79 Å². The van der Waals surface area contributed by atoms with Gasteiger partial charge in [-0.15, -0.1) is 0 Å². The third kappa shape index (κ3) is 4.86. The normalized spacial score (nSPS) is 29.1. The Balaban J connectivity index is 1.40. The van der Waals surface area contributed by atoms with Crippen LogP contribution in [0.15, 0.2) is 6.20 Å². The van der Waals surface area contributed by atoms with Crippen LogP contribution in [0.3, 0.4) is 0 Å². The van der Waals surface area contributed by atoms with E-state index in [9.17, 15) is 14.7 Å². The zero-order valence-electron chi connectivity index (χ0n) is 19.0. The first-order valence-electron chi connectivity index (χ1n) is 11.3. The maximum absolute atomic E-state index is 12.7. The maximum Gasteiger partial charge on any atom is 0.407 e. The summed E-state index contributed by atoms with van der Waals surface area (Å²) in [5.74, 6) is 2.58. The standard InChI is InChI=1S/C24H34N2O4S/c1-14-20(27)19(18(11-25-14)13-31-21(28)23(2,3)4)12-26-22(29)30-24-8-15-5-16(9-24)7-17(6-15)10-24/h11,15-17,27H,5-10,12-13H2,1-4H3,(H,26,29). The van der Waals surface area contributed by atoms with E-state index in [4.69, 9.17) is 4.74 Å². The molecule has 0 aliphatic heterocycles. The molecule has 0 atom stereocenters. The molecule has 7 heteroatoms. The highest BCUT2D eigenvalue weighted by Gasteiger charge is 2.53. The average Bonchev–Trinajstić information content (AvgIpc) is 2.65. The van der Waals surface area contributed by atoms with Crippen molar-refractivity contribution in [1.82, 2.24) is 10.3 Å². The minimum absolute atomic E-state index is 0.0661. The Bertz CT molecular complexity index is 842. The number of carbonyl (C=O) groups excluding carboxylic acids is 2. The highest BCUT2D eigenvalue weighted by atomic mass is 32.2. The number of thioether (sulfide) groups is 1. The summed E-state index contributed by atoms with van der Waals surface area (Å²) < 4.78 is 6.02. The highest BCUT2D eigenvalue weighted by Crippen LogP contribution is 2.57. The second-order valence-corrected chi connectivity index (χ2v) is 11.8. The molecular weight excluding hydrogens is 412 g/mol. The fraction of sp³-hybridized carbons (Fsp3) is 0.708. The van der Waals surface area contributed by atoms with E-state index in [1.165, 1.54) is 31.0 Å². The molecule has 6 nitrogen and oxygen atoms in total. The summed E-state index contributed by atoms with van der Waals surface area (Å²) in [7, 11) is 0. The monoisotopic (exact) mass is 446 g/mol. The van der Waals surface area contributed by atoms with Gasteiger partial charge in [-0.05, 0) is 68.8 Å². The van der Waals surface area contributed by atoms with Gasteiger partial charge in [-0.3, -0.25) is 9.78 Å². The van der Waals surface area contributed by atoms with Crippen molar-refractivity contribution in [3.63, 3.8) is 0 Å². The van der Waals surface area contributed by atoms with Crippen LogP contribution in [0.1, 0.15) is 76.1 Å². The Kier molecular flexibility index (Phi) is 6.01. The van der Waals surface area contributed by atoms with E-state index in [1.807, 2.05) is 20.8 Å². The third-order valence-electron chi connectivity index (χ3n) is 7.10. The highest BCUT2D eigenvalue weighted by molar-refractivity contribution is 8.13. The summed E-state index contributed by atoms with van der Waals surface area (Å²) >= 11 is 1.21. The molecule has 5 rings (SSSR count). The summed E-state index contributed by atoms with van der Waals surface area (Å²) in [6.07, 6.45) is 8.11. The molecule has 0 radical (unpaired) electrons. The molecule has 1 aromatic heterocycles. The van der Waals surface area contributed by atoms with Crippen LogP contribution < -0.4 is 5.32 Å². The van der Waals surface area contributed by atoms with E-state index in [1.54, 1.807) is 13.1 Å². The summed E-state index contributed by atoms with van der Waals surface area (Å²) in [5.41, 5.74) is 1.12. The van der Waals surface area contributed by atoms with Crippen LogP contribution in [0.25, 0.3) is 0 Å². The Hall–Kier alpha value is -1.76. The number of carbonyl (C=O) groups is 2. The lowest BCUT2D eigenvalue weighted by Crippen LogP contribution is -2.53. The van der Waals surface area contributed by atoms with Crippen molar-refractivity contribution in [2.75, 3.05) is 0 Å². The number of ether oxygens (including phenoxy) is 1. The molecule has 0 unspecified atom stereocenters. The predicted octanol–water partition coefficient (Wildman–Crippen LogP) is 5.10. The molecule has 4 aliphatic carbocycles. The Labute approximate surface area is 188 Å². The fourth-order valence-corrected chi connectivity index (χ4v) is 6.88. The number of nitrogens with one attached hydrogen (secondary N) is 1. The molecular formula is C24H34N2O4S. The van der Waals surface area contributed by atoms with Crippen molar-refractivity contribution in [1.29, 1.82) is 0 Å². The van der Waals surface area contributed by atoms with E-state index >= 15 is 0 Å². The van der Waals surface area contributed by atoms with E-state index in [-0.39, 0.29) is 23.0 Å². The van der Waals surface area contributed by atoms with Crippen LogP contribution >= 0.6 is 11.8 Å². The van der Waals surface area contributed by atoms with Gasteiger partial charge in [0.05, 0.1) is 12.2 Å². The van der Waals surface area contributed by atoms with Crippen molar-refractivity contribution in [2.45, 2.75) is 84.1 Å². The van der Waals surface area contributed by atoms with Crippen molar-refractivity contribution in [3.8, 4) is 5.75 Å². The third-order valence-corrected chi connectivity index (χ3v) is 8.43. The van der Waals surface area contributed by atoms with Gasteiger partial charge in [0.1, 0.15) is 11.4 Å². The van der Waals surface area contributed by atoms with E-state index < -0.39 is 11.5 Å². The second-order valence-electron chi connectivity index (χ2n) is 10.9. The van der Waals surface area contributed by atoms with Gasteiger partial charge in [-0.25, -0.2) is 4.79 Å². The molecule has 0 spiro atoms. The van der Waals surface area contributed by atoms with Gasteiger partial charge in [0.15, 0.2) is 5.12 Å². The fourth-order valence-electron chi connectivity index (χ4n) is 5.92. The van der Waals surface area contributed by atoms with E-state index in [0.717, 1.165) is 24.8 Å². The Morgan fingerprint density at radius 2 is 1.77 bits per heavy atom. The molecule has 1 amide bonds. The maximum atomic E-state index is 12.7. The van der Waals surface area contributed by atoms with Gasteiger partial charge in [-0.2, -0.15) is 0 Å². The number of aromatic nitrogens is 1. The zero-order chi connectivity index (χ0) is 22.4. The molecule has 2 N–H and O–H groups in total. The number of alkyl carbamates (subject to hydrolysis) is 1. The minimum atomic E-state index is -0.440. The van der Waals surface area contributed by atoms with Crippen LogP contribution in [0.2, 0.25) is 0 Å². The lowest BCUT2D eigenvalue weighted by Gasteiger charge is -2.55. The van der Waals surface area contributed by atoms with Crippen LogP contribution in [0, 0.1) is 30.1 Å². The quantitative estimate of drug-likeness (QED) is 0.654. The van der Waals surface area contributed by atoms with Gasteiger partial charge in [-0.1, -0.05) is 32.5 Å². The molecule has 0 saturated heterocycles. The summed E-state index contributed by atoms with van der Waals surface area (Å²) in [6.45, 7) is 7.53. The summed E-state index contributed by atoms with van der Waals surface area (Å²) in [6, 6.07) is 0. The molecule has 0 aromatic carbocycles. The van der Waals surface area contributed by atoms with Gasteiger partial charge >= 0.3 is 6.09 Å². The van der Waals surface area contributed by atoms with Crippen molar-refractivity contribution in [3.05, 3.63) is 23.0 Å². The molecule has 4 saturated carbocycles. The Morgan fingerprint density at radius 1 is 1.19 bits per heavy atom. The number of nitrogens with zero attached hydrogens (tertiary/aromatic N) is 1. The van der Waals surface area contributed by atoms with Crippen molar-refractivity contribution >= 4 is 23.0 Å². The lowest BCUT2D eigenvalue weighted by molar-refractivity contribution is -0.127. The van der Waals surface area contributed by atoms with Gasteiger partial charge in [0.2, 0.25) is 0 Å². The van der Waals surface area contributed by atoms with Gasteiger partial charge < -0.3 is 15.2 Å². The molecule has 4 fully saturated rings. The predicted molar refractivity (Wildman–Crippen MR) is 121 cm³/mol. The molecule has 4 bridgehead atoms. The number of hydrogen-bond acceptors (Lipinski definition) is 6. The SMILES string of the molecule is Cc1ncc(CSC(=O)C(C)(C)C)c(CNC(=O)OC23CC4CC(CC(C4)C2)C3)c1O. The first kappa shape index (κ1) is 22.4. The topological polar surface area (TPSA) is 88.5 Å². The molecule has 1 heterocycles. The molecule has 31 heavy (non-hydrogen) atoms. The van der Waals surface area contributed by atoms with Gasteiger partial charge in [0, 0.05) is 22.9 Å². The lowest BCUT2D eigenvalue weighted by atomic mass is 9.54. The van der Waals surface area contributed by atoms with Crippen LogP contribution in [-0.2, 0) is 21.8 Å². The number of hydrogen-bond donors (Lipinski definition) is 2. The molecule has 170 valence electrons. The molecule has 4 aliphatic rings. The number of pyridine rings is 1. The smallest absolute Gasteiger partial charge is 0.407 e. The Morgan fingerprint density at radius 3 is 2.32 bits per heavy atom. The number of aryl methyl sites for hydroxylation is 1. The van der Waals surface area contributed by atoms with E-state index in [0.29, 0.717) is 34.8 Å². The summed E-state index contributed by atoms with van der Waals surface area (Å²) in [5, 5.41) is 13.5. The average molecular weight is 447 g/mol. The zero-order valence-corrected chi connectivity index (χ0v) is 19.8. The van der Waals surface area contributed by atoms with E-state index in [2.05, 4.69) is 10.3 Å². The second kappa shape index (κ2) is 8.30. The van der Waals surface area contributed by atoms with Crippen LogP contribution in [0.5, 0.6) is 5.75 Å². The van der Waals surface area contributed by atoms with Crippen molar-refractivity contribution < 1.29 is 19.4 Å². The number of amides is 1. The largest absolute Gasteiger partial charge is 0.506 e. The summed E-state index contributed by atoms with van der Waals surface area (Å²) in [4.78, 5) is 29.3. The first-order chi connectivity index (χ1) is 14.5. The van der Waals surface area contributed by atoms with Gasteiger partial charge in [0.25, 0.3) is 0 Å². The number of rotatable bonds is 5. The minimum Gasteiger partial charge on any atom is -0.506 e.